The molecule has 226 valence electrons. The first-order chi connectivity index (χ1) is 19.7. The van der Waals surface area contributed by atoms with E-state index in [1.165, 1.54) is 56.9 Å². The second-order valence-corrected chi connectivity index (χ2v) is 10.8. The minimum Gasteiger partial charge on any atom is -0.466 e. The number of carbonyl (C=O) groups excluding carboxylic acids is 2. The molecule has 0 bridgehead atoms. The molecule has 10 heteroatoms. The van der Waals surface area contributed by atoms with Gasteiger partial charge in [0.1, 0.15) is 6.61 Å². The van der Waals surface area contributed by atoms with Gasteiger partial charge < -0.3 is 14.8 Å². The molecule has 1 saturated carbocycles. The average molecular weight is 598 g/mol. The van der Waals surface area contributed by atoms with E-state index < -0.39 is 22.8 Å². The number of hydrogen-bond acceptors (Lipinski definition) is 8. The van der Waals surface area contributed by atoms with Crippen LogP contribution in [0.5, 0.6) is 0 Å². The van der Waals surface area contributed by atoms with Crippen LogP contribution in [0.25, 0.3) is 0 Å². The molecule has 1 aliphatic carbocycles. The monoisotopic (exact) mass is 597 g/mol. The van der Waals surface area contributed by atoms with Crippen LogP contribution in [-0.2, 0) is 19.1 Å². The van der Waals surface area contributed by atoms with Crippen molar-refractivity contribution in [2.45, 2.75) is 57.9 Å². The van der Waals surface area contributed by atoms with E-state index in [2.05, 4.69) is 41.5 Å². The number of hydrogen-bond donors (Lipinski definition) is 1. The van der Waals surface area contributed by atoms with Gasteiger partial charge in [-0.15, -0.1) is 12.4 Å². The summed E-state index contributed by atoms with van der Waals surface area (Å²) in [5.74, 6) is -1.55. The topological polar surface area (TPSA) is 111 Å². The van der Waals surface area contributed by atoms with Crippen molar-refractivity contribution < 1.29 is 24.0 Å². The van der Waals surface area contributed by atoms with Gasteiger partial charge >= 0.3 is 11.9 Å². The van der Waals surface area contributed by atoms with Gasteiger partial charge in [0.25, 0.3) is 5.69 Å². The zero-order valence-electron chi connectivity index (χ0n) is 24.6. The van der Waals surface area contributed by atoms with Crippen molar-refractivity contribution in [3.63, 3.8) is 0 Å². The van der Waals surface area contributed by atoms with Gasteiger partial charge in [0, 0.05) is 36.1 Å². The smallest absolute Gasteiger partial charge is 0.336 e. The standard InChI is InChI=1S/C32H39N3O6.ClH/c1-21-27(31(36)40-4)29(25-16-11-17-26(20-25)35(38)39)28(22(2)33-21)32(37)41-19-18-34(3)30(23-12-7-5-8-13-23)24-14-9-6-10-15-24;/h5,7-8,11-13,16-17,20,24,29-30,33H,6,9-10,14-15,18-19H2,1-4H3;1H. The third kappa shape index (κ3) is 7.38. The molecule has 2 aliphatic rings. The molecule has 4 rings (SSSR count). The molecule has 0 aromatic heterocycles. The Morgan fingerprint density at radius 2 is 1.64 bits per heavy atom. The number of non-ortho nitro benzene ring substituents is 1. The SMILES string of the molecule is COC(=O)C1=C(C)NC(C)=C(C(=O)OCCN(C)C(c2ccccc2)C2CCCCC2)C1c1cccc([N+](=O)[O-])c1.Cl. The maximum absolute atomic E-state index is 13.7. The molecule has 0 spiro atoms. The van der Waals surface area contributed by atoms with Crippen molar-refractivity contribution in [2.75, 3.05) is 27.3 Å². The van der Waals surface area contributed by atoms with Gasteiger partial charge in [-0.3, -0.25) is 15.0 Å². The number of allylic oxidation sites excluding steroid dienone is 2. The van der Waals surface area contributed by atoms with Gasteiger partial charge in [-0.2, -0.15) is 0 Å². The van der Waals surface area contributed by atoms with Crippen molar-refractivity contribution in [2.24, 2.45) is 5.92 Å². The maximum Gasteiger partial charge on any atom is 0.336 e. The predicted molar refractivity (Wildman–Crippen MR) is 163 cm³/mol. The Balaban J connectivity index is 0.00000484. The van der Waals surface area contributed by atoms with Gasteiger partial charge in [-0.25, -0.2) is 9.59 Å². The Hall–Kier alpha value is -3.69. The molecule has 2 atom stereocenters. The summed E-state index contributed by atoms with van der Waals surface area (Å²) >= 11 is 0. The summed E-state index contributed by atoms with van der Waals surface area (Å²) in [5.41, 5.74) is 3.04. The molecule has 0 saturated heterocycles. The van der Waals surface area contributed by atoms with E-state index >= 15 is 0 Å². The number of esters is 2. The van der Waals surface area contributed by atoms with Crippen LogP contribution in [0.1, 0.15) is 69.0 Å². The van der Waals surface area contributed by atoms with Gasteiger partial charge in [0.2, 0.25) is 0 Å². The van der Waals surface area contributed by atoms with E-state index in [4.69, 9.17) is 9.47 Å². The van der Waals surface area contributed by atoms with Crippen LogP contribution in [0.4, 0.5) is 5.69 Å². The van der Waals surface area contributed by atoms with Crippen LogP contribution in [0, 0.1) is 16.0 Å². The summed E-state index contributed by atoms with van der Waals surface area (Å²) in [7, 11) is 3.34. The number of nitrogens with one attached hydrogen (secondary N) is 1. The van der Waals surface area contributed by atoms with Crippen molar-refractivity contribution in [1.29, 1.82) is 0 Å². The highest BCUT2D eigenvalue weighted by atomic mass is 35.5. The molecule has 2 aromatic rings. The van der Waals surface area contributed by atoms with E-state index in [1.807, 2.05) is 6.07 Å². The highest BCUT2D eigenvalue weighted by Gasteiger charge is 2.38. The number of ether oxygens (including phenoxy) is 2. The third-order valence-electron chi connectivity index (χ3n) is 8.19. The number of likely N-dealkylation sites (N-methyl/N-ethyl adjacent to an activating group) is 1. The van der Waals surface area contributed by atoms with Gasteiger partial charge in [-0.05, 0) is 50.8 Å². The fourth-order valence-corrected chi connectivity index (χ4v) is 6.28. The summed E-state index contributed by atoms with van der Waals surface area (Å²) in [6, 6.07) is 16.7. The third-order valence-corrected chi connectivity index (χ3v) is 8.19. The fourth-order valence-electron chi connectivity index (χ4n) is 6.28. The Kier molecular flexibility index (Phi) is 11.7. The highest BCUT2D eigenvalue weighted by Crippen LogP contribution is 2.41. The molecule has 0 radical (unpaired) electrons. The largest absolute Gasteiger partial charge is 0.466 e. The number of nitrogens with zero attached hydrogens (tertiary/aromatic N) is 2. The van der Waals surface area contributed by atoms with E-state index in [0.717, 1.165) is 0 Å². The second-order valence-electron chi connectivity index (χ2n) is 10.8. The van der Waals surface area contributed by atoms with E-state index in [1.54, 1.807) is 26.0 Å². The molecular weight excluding hydrogens is 558 g/mol. The summed E-state index contributed by atoms with van der Waals surface area (Å²) in [4.78, 5) is 39.8. The van der Waals surface area contributed by atoms with Crippen LogP contribution < -0.4 is 5.32 Å². The van der Waals surface area contributed by atoms with Crippen molar-refractivity contribution in [1.82, 2.24) is 10.2 Å². The summed E-state index contributed by atoms with van der Waals surface area (Å²) in [5, 5.41) is 14.6. The van der Waals surface area contributed by atoms with E-state index in [0.29, 0.717) is 29.4 Å². The zero-order valence-corrected chi connectivity index (χ0v) is 25.4. The van der Waals surface area contributed by atoms with Gasteiger partial charge in [-0.1, -0.05) is 61.7 Å². The summed E-state index contributed by atoms with van der Waals surface area (Å²) in [6.07, 6.45) is 6.08. The second kappa shape index (κ2) is 15.0. The normalized spacial score (nSPS) is 18.2. The number of carbonyl (C=O) groups is 2. The number of halogens is 1. The molecule has 1 heterocycles. The molecule has 0 amide bonds. The first-order valence-corrected chi connectivity index (χ1v) is 14.2. The van der Waals surface area contributed by atoms with Crippen LogP contribution in [0.2, 0.25) is 0 Å². The van der Waals surface area contributed by atoms with E-state index in [-0.39, 0.29) is 41.9 Å². The Bertz CT molecular complexity index is 1340. The lowest BCUT2D eigenvalue weighted by Gasteiger charge is -2.37. The molecule has 9 nitrogen and oxygen atoms in total. The first-order valence-electron chi connectivity index (χ1n) is 14.2. The van der Waals surface area contributed by atoms with Crippen LogP contribution in [0.15, 0.2) is 77.1 Å². The van der Waals surface area contributed by atoms with Crippen molar-refractivity contribution >= 4 is 30.0 Å². The first kappa shape index (κ1) is 32.8. The highest BCUT2D eigenvalue weighted by molar-refractivity contribution is 5.99. The van der Waals surface area contributed by atoms with Crippen molar-refractivity contribution in [3.8, 4) is 0 Å². The predicted octanol–water partition coefficient (Wildman–Crippen LogP) is 6.22. The number of nitro groups is 1. The molecule has 2 aromatic carbocycles. The summed E-state index contributed by atoms with van der Waals surface area (Å²) in [6.45, 7) is 4.13. The number of methoxy groups -OCH3 is 1. The number of nitro benzene ring substituents is 1. The van der Waals surface area contributed by atoms with Crippen molar-refractivity contribution in [3.05, 3.63) is 98.4 Å². The lowest BCUT2D eigenvalue weighted by molar-refractivity contribution is -0.384. The molecule has 2 unspecified atom stereocenters. The number of dihydropyridines is 1. The fraction of sp³-hybridized carbons (Fsp3) is 0.438. The van der Waals surface area contributed by atoms with E-state index in [9.17, 15) is 19.7 Å². The van der Waals surface area contributed by atoms with Crippen LogP contribution >= 0.6 is 12.4 Å². The summed E-state index contributed by atoms with van der Waals surface area (Å²) < 4.78 is 10.9. The maximum atomic E-state index is 13.7. The minimum absolute atomic E-state index is 0. The molecular formula is C32H40ClN3O6. The molecule has 1 fully saturated rings. The molecule has 42 heavy (non-hydrogen) atoms. The quantitative estimate of drug-likeness (QED) is 0.195. The Labute approximate surface area is 253 Å². The Morgan fingerprint density at radius 1 is 1.00 bits per heavy atom. The zero-order chi connectivity index (χ0) is 29.5. The molecule has 1 N–H and O–H groups in total. The van der Waals surface area contributed by atoms with Crippen LogP contribution in [-0.4, -0.2) is 49.1 Å². The Morgan fingerprint density at radius 3 is 2.26 bits per heavy atom. The lowest BCUT2D eigenvalue weighted by atomic mass is 9.80. The van der Waals surface area contributed by atoms with Gasteiger partial charge in [0.15, 0.2) is 0 Å². The number of rotatable bonds is 10. The van der Waals surface area contributed by atoms with Gasteiger partial charge in [0.05, 0.1) is 29.1 Å². The minimum atomic E-state index is -0.881. The number of benzene rings is 2. The van der Waals surface area contributed by atoms with Crippen LogP contribution in [0.3, 0.4) is 0 Å². The molecule has 1 aliphatic heterocycles. The lowest BCUT2D eigenvalue weighted by Crippen LogP contribution is -2.35. The average Bonchev–Trinajstić information content (AvgIpc) is 2.97.